The summed E-state index contributed by atoms with van der Waals surface area (Å²) in [5, 5.41) is 11.7. The molecule has 4 heteroatoms. The van der Waals surface area contributed by atoms with Crippen LogP contribution in [-0.2, 0) is 4.79 Å². The fourth-order valence-corrected chi connectivity index (χ4v) is 1.70. The first-order valence-corrected chi connectivity index (χ1v) is 5.24. The molecular formula is C10H20N2O2. The third-order valence-electron chi connectivity index (χ3n) is 2.92. The lowest BCUT2D eigenvalue weighted by molar-refractivity contribution is -0.139. The third-order valence-corrected chi connectivity index (χ3v) is 2.92. The van der Waals surface area contributed by atoms with Gasteiger partial charge in [-0.25, -0.2) is 0 Å². The Morgan fingerprint density at radius 2 is 2.14 bits per heavy atom. The van der Waals surface area contributed by atoms with Gasteiger partial charge in [0.15, 0.2) is 0 Å². The van der Waals surface area contributed by atoms with Gasteiger partial charge in [-0.1, -0.05) is 0 Å². The molecule has 0 aromatic rings. The summed E-state index contributed by atoms with van der Waals surface area (Å²) < 4.78 is 0. The average Bonchev–Trinajstić information content (AvgIpc) is 2.16. The van der Waals surface area contributed by atoms with E-state index in [0.29, 0.717) is 5.92 Å². The SMILES string of the molecule is CC(NCC1CCN(C)CC1)C(=O)O. The van der Waals surface area contributed by atoms with Crippen molar-refractivity contribution < 1.29 is 9.90 Å². The molecule has 1 aliphatic rings. The Labute approximate surface area is 85.3 Å². The number of carboxylic acid groups (broad SMARTS) is 1. The number of rotatable bonds is 4. The molecule has 1 atom stereocenters. The predicted molar refractivity (Wildman–Crippen MR) is 55.3 cm³/mol. The Hall–Kier alpha value is -0.610. The Morgan fingerprint density at radius 3 is 2.64 bits per heavy atom. The van der Waals surface area contributed by atoms with E-state index in [0.717, 1.165) is 19.6 Å². The van der Waals surface area contributed by atoms with Crippen LogP contribution in [-0.4, -0.2) is 48.7 Å². The smallest absolute Gasteiger partial charge is 0.320 e. The van der Waals surface area contributed by atoms with Crippen LogP contribution in [0.25, 0.3) is 0 Å². The number of hydrogen-bond donors (Lipinski definition) is 2. The largest absolute Gasteiger partial charge is 0.480 e. The maximum Gasteiger partial charge on any atom is 0.320 e. The Bertz CT molecular complexity index is 189. The van der Waals surface area contributed by atoms with E-state index in [9.17, 15) is 4.79 Å². The lowest BCUT2D eigenvalue weighted by Gasteiger charge is -2.29. The minimum absolute atomic E-state index is 0.422. The summed E-state index contributed by atoms with van der Waals surface area (Å²) >= 11 is 0. The standard InChI is InChI=1S/C10H20N2O2/c1-8(10(13)14)11-7-9-3-5-12(2)6-4-9/h8-9,11H,3-7H2,1-2H3,(H,13,14). The van der Waals surface area contributed by atoms with Crippen LogP contribution in [0.1, 0.15) is 19.8 Å². The summed E-state index contributed by atoms with van der Waals surface area (Å²) in [4.78, 5) is 12.9. The molecule has 0 aliphatic carbocycles. The number of carboxylic acids is 1. The van der Waals surface area contributed by atoms with E-state index in [4.69, 9.17) is 5.11 Å². The van der Waals surface area contributed by atoms with Gasteiger partial charge in [-0.05, 0) is 52.4 Å². The highest BCUT2D eigenvalue weighted by molar-refractivity contribution is 5.72. The number of carbonyl (C=O) groups is 1. The number of likely N-dealkylation sites (tertiary alicyclic amines) is 1. The average molecular weight is 200 g/mol. The van der Waals surface area contributed by atoms with Crippen molar-refractivity contribution in [2.45, 2.75) is 25.8 Å². The Morgan fingerprint density at radius 1 is 1.57 bits per heavy atom. The van der Waals surface area contributed by atoms with Crippen molar-refractivity contribution in [2.24, 2.45) is 5.92 Å². The first-order valence-electron chi connectivity index (χ1n) is 5.24. The molecular weight excluding hydrogens is 180 g/mol. The molecule has 82 valence electrons. The molecule has 1 aliphatic heterocycles. The van der Waals surface area contributed by atoms with Crippen molar-refractivity contribution >= 4 is 5.97 Å². The first-order chi connectivity index (χ1) is 6.59. The van der Waals surface area contributed by atoms with Gasteiger partial charge in [0.1, 0.15) is 6.04 Å². The summed E-state index contributed by atoms with van der Waals surface area (Å²) in [6, 6.07) is -0.422. The van der Waals surface area contributed by atoms with Gasteiger partial charge in [-0.3, -0.25) is 4.79 Å². The highest BCUT2D eigenvalue weighted by Gasteiger charge is 2.18. The van der Waals surface area contributed by atoms with Gasteiger partial charge in [-0.15, -0.1) is 0 Å². The van der Waals surface area contributed by atoms with Crippen LogP contribution in [0.15, 0.2) is 0 Å². The van der Waals surface area contributed by atoms with Crippen molar-refractivity contribution in [3.05, 3.63) is 0 Å². The molecule has 1 heterocycles. The number of hydrogen-bond acceptors (Lipinski definition) is 3. The molecule has 1 rings (SSSR count). The highest BCUT2D eigenvalue weighted by atomic mass is 16.4. The topological polar surface area (TPSA) is 52.6 Å². The predicted octanol–water partition coefficient (Wildman–Crippen LogP) is 0.391. The maximum absolute atomic E-state index is 10.6. The molecule has 0 amide bonds. The normalized spacial score (nSPS) is 22.1. The van der Waals surface area contributed by atoms with Crippen LogP contribution in [0.4, 0.5) is 0 Å². The zero-order valence-electron chi connectivity index (χ0n) is 8.99. The van der Waals surface area contributed by atoms with E-state index in [-0.39, 0.29) is 0 Å². The quantitative estimate of drug-likeness (QED) is 0.689. The Balaban J connectivity index is 2.16. The van der Waals surface area contributed by atoms with E-state index in [2.05, 4.69) is 17.3 Å². The molecule has 0 aromatic heterocycles. The van der Waals surface area contributed by atoms with Crippen molar-refractivity contribution in [1.82, 2.24) is 10.2 Å². The molecule has 2 N–H and O–H groups in total. The molecule has 14 heavy (non-hydrogen) atoms. The second-order valence-corrected chi connectivity index (χ2v) is 4.21. The van der Waals surface area contributed by atoms with Crippen LogP contribution in [0.2, 0.25) is 0 Å². The summed E-state index contributed by atoms with van der Waals surface area (Å²) in [5.74, 6) is -0.120. The summed E-state index contributed by atoms with van der Waals surface area (Å²) in [6.07, 6.45) is 2.35. The maximum atomic E-state index is 10.6. The van der Waals surface area contributed by atoms with Crippen LogP contribution >= 0.6 is 0 Å². The zero-order valence-corrected chi connectivity index (χ0v) is 8.99. The summed E-state index contributed by atoms with van der Waals surface area (Å²) in [7, 11) is 2.13. The molecule has 1 saturated heterocycles. The molecule has 0 aromatic carbocycles. The number of aliphatic carboxylic acids is 1. The molecule has 1 fully saturated rings. The number of piperidine rings is 1. The Kier molecular flexibility index (Phi) is 4.35. The van der Waals surface area contributed by atoms with Gasteiger partial charge in [-0.2, -0.15) is 0 Å². The number of nitrogens with one attached hydrogen (secondary N) is 1. The van der Waals surface area contributed by atoms with E-state index < -0.39 is 12.0 Å². The zero-order chi connectivity index (χ0) is 10.6. The van der Waals surface area contributed by atoms with Gasteiger partial charge < -0.3 is 15.3 Å². The fraction of sp³-hybridized carbons (Fsp3) is 0.900. The van der Waals surface area contributed by atoms with Crippen LogP contribution in [0.3, 0.4) is 0 Å². The third kappa shape index (κ3) is 3.64. The lowest BCUT2D eigenvalue weighted by Crippen LogP contribution is -2.40. The summed E-state index contributed by atoms with van der Waals surface area (Å²) in [5.41, 5.74) is 0. The van der Waals surface area contributed by atoms with Crippen molar-refractivity contribution in [3.63, 3.8) is 0 Å². The van der Waals surface area contributed by atoms with Crippen molar-refractivity contribution in [1.29, 1.82) is 0 Å². The second-order valence-electron chi connectivity index (χ2n) is 4.21. The van der Waals surface area contributed by atoms with Crippen molar-refractivity contribution in [2.75, 3.05) is 26.7 Å². The van der Waals surface area contributed by atoms with Crippen LogP contribution in [0, 0.1) is 5.92 Å². The minimum Gasteiger partial charge on any atom is -0.480 e. The van der Waals surface area contributed by atoms with Gasteiger partial charge in [0.2, 0.25) is 0 Å². The summed E-state index contributed by atoms with van der Waals surface area (Å²) in [6.45, 7) is 4.79. The molecule has 0 radical (unpaired) electrons. The van der Waals surface area contributed by atoms with E-state index in [1.165, 1.54) is 12.8 Å². The van der Waals surface area contributed by atoms with Crippen LogP contribution < -0.4 is 5.32 Å². The van der Waals surface area contributed by atoms with E-state index in [1.54, 1.807) is 6.92 Å². The van der Waals surface area contributed by atoms with Crippen LogP contribution in [0.5, 0.6) is 0 Å². The lowest BCUT2D eigenvalue weighted by atomic mass is 9.97. The van der Waals surface area contributed by atoms with E-state index in [1.807, 2.05) is 0 Å². The molecule has 0 bridgehead atoms. The molecule has 0 spiro atoms. The number of nitrogens with zero attached hydrogens (tertiary/aromatic N) is 1. The monoisotopic (exact) mass is 200 g/mol. The van der Waals surface area contributed by atoms with Crippen molar-refractivity contribution in [3.8, 4) is 0 Å². The van der Waals surface area contributed by atoms with Gasteiger partial charge >= 0.3 is 5.97 Å². The van der Waals surface area contributed by atoms with Gasteiger partial charge in [0.05, 0.1) is 0 Å². The highest BCUT2D eigenvalue weighted by Crippen LogP contribution is 2.14. The fourth-order valence-electron chi connectivity index (χ4n) is 1.70. The van der Waals surface area contributed by atoms with E-state index >= 15 is 0 Å². The minimum atomic E-state index is -0.766. The molecule has 0 saturated carbocycles. The van der Waals surface area contributed by atoms with Gasteiger partial charge in [0, 0.05) is 0 Å². The first kappa shape index (κ1) is 11.5. The van der Waals surface area contributed by atoms with Gasteiger partial charge in [0.25, 0.3) is 0 Å². The molecule has 4 nitrogen and oxygen atoms in total. The molecule has 1 unspecified atom stereocenters. The second kappa shape index (κ2) is 5.32.